The van der Waals surface area contributed by atoms with E-state index in [2.05, 4.69) is 5.32 Å². The van der Waals surface area contributed by atoms with Crippen molar-refractivity contribution in [3.63, 3.8) is 0 Å². The normalized spacial score (nSPS) is 23.9. The fourth-order valence-electron chi connectivity index (χ4n) is 3.33. The van der Waals surface area contributed by atoms with Crippen LogP contribution < -0.4 is 11.1 Å². The van der Waals surface area contributed by atoms with Crippen molar-refractivity contribution in [1.29, 1.82) is 0 Å². The van der Waals surface area contributed by atoms with E-state index in [0.717, 1.165) is 44.1 Å². The first kappa shape index (κ1) is 14.5. The van der Waals surface area contributed by atoms with Gasteiger partial charge in [-0.3, -0.25) is 4.79 Å². The van der Waals surface area contributed by atoms with Crippen molar-refractivity contribution in [2.24, 2.45) is 11.7 Å². The van der Waals surface area contributed by atoms with Gasteiger partial charge in [0.2, 0.25) is 5.91 Å². The summed E-state index contributed by atoms with van der Waals surface area (Å²) in [5, 5.41) is 3.56. The molecule has 1 aromatic rings. The summed E-state index contributed by atoms with van der Waals surface area (Å²) in [5.74, 6) is -0.571. The van der Waals surface area contributed by atoms with Gasteiger partial charge in [0.1, 0.15) is 5.00 Å². The number of aryl methyl sites for hydroxylation is 1. The second-order valence-corrected chi connectivity index (χ2v) is 6.85. The van der Waals surface area contributed by atoms with Crippen LogP contribution in [0.3, 0.4) is 0 Å². The molecule has 3 N–H and O–H groups in total. The van der Waals surface area contributed by atoms with Crippen molar-refractivity contribution in [3.8, 4) is 0 Å². The fraction of sp³-hybridized carbons (Fsp3) is 0.600. The Morgan fingerprint density at radius 3 is 2.76 bits per heavy atom. The summed E-state index contributed by atoms with van der Waals surface area (Å²) in [6.07, 6.45) is 5.63. The Hall–Kier alpha value is -1.40. The lowest BCUT2D eigenvalue weighted by Crippen LogP contribution is -2.34. The Morgan fingerprint density at radius 1 is 1.29 bits per heavy atom. The van der Waals surface area contributed by atoms with Crippen molar-refractivity contribution < 1.29 is 14.3 Å². The largest absolute Gasteiger partial charge is 0.465 e. The van der Waals surface area contributed by atoms with Gasteiger partial charge in [0.15, 0.2) is 0 Å². The molecule has 21 heavy (non-hydrogen) atoms. The highest BCUT2D eigenvalue weighted by molar-refractivity contribution is 7.17. The maximum atomic E-state index is 12.4. The predicted molar refractivity (Wildman–Crippen MR) is 81.6 cm³/mol. The Morgan fingerprint density at radius 2 is 2.10 bits per heavy atom. The number of nitrogens with one attached hydrogen (secondary N) is 1. The Labute approximate surface area is 127 Å². The molecule has 0 bridgehead atoms. The lowest BCUT2D eigenvalue weighted by atomic mass is 10.0. The third-order valence-corrected chi connectivity index (χ3v) is 5.66. The molecule has 1 amide bonds. The molecule has 3 rings (SSSR count). The van der Waals surface area contributed by atoms with Crippen molar-refractivity contribution >= 4 is 28.2 Å². The first-order chi connectivity index (χ1) is 10.1. The summed E-state index contributed by atoms with van der Waals surface area (Å²) >= 11 is 1.51. The number of carbonyl (C=O) groups is 2. The number of methoxy groups -OCH3 is 1. The van der Waals surface area contributed by atoms with E-state index in [9.17, 15) is 9.59 Å². The second-order valence-electron chi connectivity index (χ2n) is 5.74. The van der Waals surface area contributed by atoms with Crippen molar-refractivity contribution in [1.82, 2.24) is 0 Å². The molecule has 5 nitrogen and oxygen atoms in total. The van der Waals surface area contributed by atoms with E-state index in [1.807, 2.05) is 0 Å². The number of hydrogen-bond acceptors (Lipinski definition) is 5. The Bertz CT molecular complexity index is 582. The van der Waals surface area contributed by atoms with Crippen LogP contribution in [0.5, 0.6) is 0 Å². The van der Waals surface area contributed by atoms with E-state index < -0.39 is 0 Å². The molecule has 0 saturated heterocycles. The van der Waals surface area contributed by atoms with E-state index in [1.54, 1.807) is 0 Å². The minimum Gasteiger partial charge on any atom is -0.465 e. The van der Waals surface area contributed by atoms with Crippen molar-refractivity contribution in [2.45, 2.75) is 44.6 Å². The Kier molecular flexibility index (Phi) is 3.99. The van der Waals surface area contributed by atoms with Crippen LogP contribution in [0.2, 0.25) is 0 Å². The number of anilines is 1. The fourth-order valence-corrected chi connectivity index (χ4v) is 4.61. The lowest BCUT2D eigenvalue weighted by Gasteiger charge is -2.15. The standard InChI is InChI=1S/C15H20N2O3S/c1-20-15(19)12-9-5-3-7-11(9)21-14(12)17-13(18)8-4-2-6-10(8)16/h8,10H,2-7,16H2,1H3,(H,17,18). The summed E-state index contributed by atoms with van der Waals surface area (Å²) in [6, 6.07) is -0.0709. The number of fused-ring (bicyclic) bond motifs is 1. The SMILES string of the molecule is COC(=O)c1c(NC(=O)C2CCCC2N)sc2c1CCC2. The molecular weight excluding hydrogens is 288 g/mol. The summed E-state index contributed by atoms with van der Waals surface area (Å²) in [7, 11) is 1.37. The highest BCUT2D eigenvalue weighted by Crippen LogP contribution is 2.40. The third kappa shape index (κ3) is 2.58. The molecule has 1 heterocycles. The minimum atomic E-state index is -0.361. The number of nitrogens with two attached hydrogens (primary N) is 1. The number of carbonyl (C=O) groups excluding carboxylic acids is 2. The predicted octanol–water partition coefficient (Wildman–Crippen LogP) is 2.09. The number of thiophene rings is 1. The van der Waals surface area contributed by atoms with Crippen LogP contribution in [-0.2, 0) is 22.4 Å². The van der Waals surface area contributed by atoms with E-state index in [0.29, 0.717) is 10.6 Å². The summed E-state index contributed by atoms with van der Waals surface area (Å²) in [5.41, 5.74) is 7.59. The first-order valence-corrected chi connectivity index (χ1v) is 8.22. The molecule has 0 radical (unpaired) electrons. The number of rotatable bonds is 3. The van der Waals surface area contributed by atoms with Gasteiger partial charge in [-0.1, -0.05) is 6.42 Å². The van der Waals surface area contributed by atoms with Crippen LogP contribution in [0.25, 0.3) is 0 Å². The molecule has 2 unspecified atom stereocenters. The van der Waals surface area contributed by atoms with Gasteiger partial charge in [0.05, 0.1) is 18.6 Å². The molecule has 0 aliphatic heterocycles. The van der Waals surface area contributed by atoms with Crippen LogP contribution in [-0.4, -0.2) is 25.0 Å². The highest BCUT2D eigenvalue weighted by atomic mass is 32.1. The smallest absolute Gasteiger partial charge is 0.341 e. The lowest BCUT2D eigenvalue weighted by molar-refractivity contribution is -0.120. The summed E-state index contributed by atoms with van der Waals surface area (Å²) in [4.78, 5) is 25.6. The second kappa shape index (κ2) is 5.77. The number of esters is 1. The zero-order chi connectivity index (χ0) is 15.0. The molecule has 2 aliphatic carbocycles. The molecule has 0 aromatic carbocycles. The van der Waals surface area contributed by atoms with Gasteiger partial charge in [-0.15, -0.1) is 11.3 Å². The molecular formula is C15H20N2O3S. The molecule has 2 aliphatic rings. The maximum absolute atomic E-state index is 12.4. The highest BCUT2D eigenvalue weighted by Gasteiger charge is 2.33. The molecule has 114 valence electrons. The minimum absolute atomic E-state index is 0.0647. The van der Waals surface area contributed by atoms with Crippen LogP contribution in [0.1, 0.15) is 46.5 Å². The quantitative estimate of drug-likeness (QED) is 0.838. The molecule has 0 spiro atoms. The summed E-state index contributed by atoms with van der Waals surface area (Å²) in [6.45, 7) is 0. The van der Waals surface area contributed by atoms with Gasteiger partial charge in [-0.05, 0) is 37.7 Å². The average molecular weight is 308 g/mol. The maximum Gasteiger partial charge on any atom is 0.341 e. The van der Waals surface area contributed by atoms with Gasteiger partial charge in [0, 0.05) is 10.9 Å². The Balaban J connectivity index is 1.85. The van der Waals surface area contributed by atoms with Gasteiger partial charge in [-0.25, -0.2) is 4.79 Å². The summed E-state index contributed by atoms with van der Waals surface area (Å²) < 4.78 is 4.88. The number of hydrogen-bond donors (Lipinski definition) is 2. The van der Waals surface area contributed by atoms with Gasteiger partial charge < -0.3 is 15.8 Å². The van der Waals surface area contributed by atoms with E-state index in [-0.39, 0.29) is 23.8 Å². The van der Waals surface area contributed by atoms with Crippen molar-refractivity contribution in [3.05, 3.63) is 16.0 Å². The van der Waals surface area contributed by atoms with E-state index in [4.69, 9.17) is 10.5 Å². The van der Waals surface area contributed by atoms with E-state index in [1.165, 1.54) is 23.3 Å². The third-order valence-electron chi connectivity index (χ3n) is 4.45. The molecule has 6 heteroatoms. The molecule has 1 saturated carbocycles. The number of ether oxygens (including phenoxy) is 1. The first-order valence-electron chi connectivity index (χ1n) is 7.41. The van der Waals surface area contributed by atoms with Crippen LogP contribution in [0.4, 0.5) is 5.00 Å². The van der Waals surface area contributed by atoms with Crippen molar-refractivity contribution in [2.75, 3.05) is 12.4 Å². The van der Waals surface area contributed by atoms with Gasteiger partial charge in [0.25, 0.3) is 0 Å². The molecule has 1 aromatic heterocycles. The van der Waals surface area contributed by atoms with Crippen LogP contribution in [0.15, 0.2) is 0 Å². The topological polar surface area (TPSA) is 81.4 Å². The molecule has 2 atom stereocenters. The zero-order valence-electron chi connectivity index (χ0n) is 12.1. The monoisotopic (exact) mass is 308 g/mol. The van der Waals surface area contributed by atoms with Gasteiger partial charge >= 0.3 is 5.97 Å². The number of amides is 1. The molecule has 1 fully saturated rings. The van der Waals surface area contributed by atoms with Gasteiger partial charge in [-0.2, -0.15) is 0 Å². The zero-order valence-corrected chi connectivity index (χ0v) is 12.9. The van der Waals surface area contributed by atoms with E-state index >= 15 is 0 Å². The van der Waals surface area contributed by atoms with Crippen LogP contribution in [0, 0.1) is 5.92 Å². The van der Waals surface area contributed by atoms with Crippen LogP contribution >= 0.6 is 11.3 Å². The average Bonchev–Trinajstić information content (AvgIpc) is 3.13.